The molecule has 31 heavy (non-hydrogen) atoms. The molecule has 2 nitrogen and oxygen atoms in total. The van der Waals surface area contributed by atoms with Crippen molar-refractivity contribution in [2.75, 3.05) is 13.2 Å². The Kier molecular flexibility index (Phi) is 7.69. The molecule has 0 aliphatic rings. The van der Waals surface area contributed by atoms with Crippen molar-refractivity contribution in [3.05, 3.63) is 101 Å². The number of hydrogen-bond donors (Lipinski definition) is 0. The Labute approximate surface area is 179 Å². The normalized spacial score (nSPS) is 12.5. The molecular formula is C25H24F4O2. The van der Waals surface area contributed by atoms with E-state index >= 15 is 0 Å². The smallest absolute Gasteiger partial charge is 0.397 e. The third-order valence-electron chi connectivity index (χ3n) is 4.87. The standard InChI is InChI=1S/C25H24F4O2/c1-2-31-22-10-6-9-20(15-22)23(25(27,28)29)17-30-16-19-11-12-24(26)21(14-19)13-18-7-4-3-5-8-18/h3-12,14-15,23H,2,13,16-17H2,1H3. The summed E-state index contributed by atoms with van der Waals surface area (Å²) >= 11 is 0. The molecule has 0 saturated heterocycles. The lowest BCUT2D eigenvalue weighted by molar-refractivity contribution is -0.163. The molecule has 0 N–H and O–H groups in total. The summed E-state index contributed by atoms with van der Waals surface area (Å²) in [6.07, 6.45) is -4.07. The van der Waals surface area contributed by atoms with Crippen LogP contribution in [0.25, 0.3) is 0 Å². The van der Waals surface area contributed by atoms with Gasteiger partial charge in [-0.15, -0.1) is 0 Å². The predicted molar refractivity (Wildman–Crippen MR) is 112 cm³/mol. The molecule has 0 bridgehead atoms. The van der Waals surface area contributed by atoms with E-state index in [1.807, 2.05) is 30.3 Å². The van der Waals surface area contributed by atoms with Crippen molar-refractivity contribution in [1.82, 2.24) is 0 Å². The number of hydrogen-bond acceptors (Lipinski definition) is 2. The van der Waals surface area contributed by atoms with Gasteiger partial charge >= 0.3 is 6.18 Å². The van der Waals surface area contributed by atoms with Gasteiger partial charge in [0.2, 0.25) is 0 Å². The topological polar surface area (TPSA) is 18.5 Å². The molecule has 0 aromatic heterocycles. The molecule has 1 atom stereocenters. The van der Waals surface area contributed by atoms with Gasteiger partial charge in [0.1, 0.15) is 17.5 Å². The van der Waals surface area contributed by atoms with Crippen LogP contribution in [-0.4, -0.2) is 19.4 Å². The second kappa shape index (κ2) is 10.4. The molecule has 0 heterocycles. The molecule has 0 aliphatic heterocycles. The fraction of sp³-hybridized carbons (Fsp3) is 0.280. The molecule has 0 saturated carbocycles. The Bertz CT molecular complexity index is 971. The van der Waals surface area contributed by atoms with Crippen molar-refractivity contribution >= 4 is 0 Å². The van der Waals surface area contributed by atoms with Gasteiger partial charge in [-0.05, 0) is 47.4 Å². The fourth-order valence-corrected chi connectivity index (χ4v) is 3.33. The van der Waals surface area contributed by atoms with Crippen LogP contribution in [0.3, 0.4) is 0 Å². The van der Waals surface area contributed by atoms with E-state index in [0.29, 0.717) is 29.9 Å². The molecule has 0 fully saturated rings. The van der Waals surface area contributed by atoms with Crippen LogP contribution in [0.5, 0.6) is 5.75 Å². The van der Waals surface area contributed by atoms with Crippen molar-refractivity contribution in [1.29, 1.82) is 0 Å². The zero-order valence-electron chi connectivity index (χ0n) is 17.2. The molecule has 0 radical (unpaired) electrons. The van der Waals surface area contributed by atoms with Gasteiger partial charge in [-0.1, -0.05) is 54.6 Å². The Morgan fingerprint density at radius 1 is 0.871 bits per heavy atom. The van der Waals surface area contributed by atoms with Gasteiger partial charge in [-0.25, -0.2) is 4.39 Å². The summed E-state index contributed by atoms with van der Waals surface area (Å²) in [6.45, 7) is 1.56. The Hall–Kier alpha value is -2.86. The van der Waals surface area contributed by atoms with Crippen molar-refractivity contribution < 1.29 is 27.0 Å². The van der Waals surface area contributed by atoms with Crippen LogP contribution in [0.4, 0.5) is 17.6 Å². The third kappa shape index (κ3) is 6.56. The van der Waals surface area contributed by atoms with Gasteiger partial charge in [0, 0.05) is 6.42 Å². The highest BCUT2D eigenvalue weighted by Crippen LogP contribution is 2.36. The highest BCUT2D eigenvalue weighted by atomic mass is 19.4. The third-order valence-corrected chi connectivity index (χ3v) is 4.87. The highest BCUT2D eigenvalue weighted by molar-refractivity contribution is 5.32. The summed E-state index contributed by atoms with van der Waals surface area (Å²) in [5.41, 5.74) is 2.13. The Morgan fingerprint density at radius 3 is 2.35 bits per heavy atom. The zero-order chi connectivity index (χ0) is 22.3. The summed E-state index contributed by atoms with van der Waals surface area (Å²) in [7, 11) is 0. The molecule has 3 aromatic rings. The van der Waals surface area contributed by atoms with E-state index in [2.05, 4.69) is 0 Å². The lowest BCUT2D eigenvalue weighted by Gasteiger charge is -2.21. The number of alkyl halides is 3. The molecule has 6 heteroatoms. The molecule has 1 unspecified atom stereocenters. The first-order valence-corrected chi connectivity index (χ1v) is 10.0. The number of benzene rings is 3. The monoisotopic (exact) mass is 432 g/mol. The van der Waals surface area contributed by atoms with Crippen LogP contribution in [0.15, 0.2) is 72.8 Å². The second-order valence-corrected chi connectivity index (χ2v) is 7.20. The minimum absolute atomic E-state index is 0.0419. The van der Waals surface area contributed by atoms with Crippen LogP contribution in [-0.2, 0) is 17.8 Å². The first-order chi connectivity index (χ1) is 14.9. The average Bonchev–Trinajstić information content (AvgIpc) is 2.74. The van der Waals surface area contributed by atoms with E-state index in [4.69, 9.17) is 9.47 Å². The Morgan fingerprint density at radius 2 is 1.65 bits per heavy atom. The highest BCUT2D eigenvalue weighted by Gasteiger charge is 2.41. The first kappa shape index (κ1) is 22.8. The fourth-order valence-electron chi connectivity index (χ4n) is 3.33. The maximum Gasteiger partial charge on any atom is 0.397 e. The number of halogens is 4. The number of rotatable bonds is 9. The van der Waals surface area contributed by atoms with E-state index in [0.717, 1.165) is 5.56 Å². The van der Waals surface area contributed by atoms with Crippen molar-refractivity contribution in [3.63, 3.8) is 0 Å². The maximum absolute atomic E-state index is 14.2. The SMILES string of the molecule is CCOc1cccc(C(COCc2ccc(F)c(Cc3ccccc3)c2)C(F)(F)F)c1. The quantitative estimate of drug-likeness (QED) is 0.351. The molecule has 3 aromatic carbocycles. The van der Waals surface area contributed by atoms with Crippen LogP contribution >= 0.6 is 0 Å². The molecular weight excluding hydrogens is 408 g/mol. The lowest BCUT2D eigenvalue weighted by atomic mass is 9.99. The average molecular weight is 432 g/mol. The van der Waals surface area contributed by atoms with E-state index in [-0.39, 0.29) is 18.0 Å². The summed E-state index contributed by atoms with van der Waals surface area (Å²) in [5, 5.41) is 0. The second-order valence-electron chi connectivity index (χ2n) is 7.20. The van der Waals surface area contributed by atoms with Gasteiger partial charge in [-0.2, -0.15) is 13.2 Å². The molecule has 164 valence electrons. The van der Waals surface area contributed by atoms with Crippen molar-refractivity contribution in [3.8, 4) is 5.75 Å². The zero-order valence-corrected chi connectivity index (χ0v) is 17.2. The minimum atomic E-state index is -4.47. The van der Waals surface area contributed by atoms with E-state index < -0.39 is 18.7 Å². The van der Waals surface area contributed by atoms with Gasteiger partial charge in [0.15, 0.2) is 0 Å². The minimum Gasteiger partial charge on any atom is -0.494 e. The van der Waals surface area contributed by atoms with Crippen LogP contribution in [0.2, 0.25) is 0 Å². The van der Waals surface area contributed by atoms with Gasteiger partial charge in [0.25, 0.3) is 0 Å². The van der Waals surface area contributed by atoms with Crippen LogP contribution < -0.4 is 4.74 Å². The first-order valence-electron chi connectivity index (χ1n) is 10.0. The molecule has 0 aliphatic carbocycles. The molecule has 0 amide bonds. The molecule has 0 spiro atoms. The van der Waals surface area contributed by atoms with Gasteiger partial charge < -0.3 is 9.47 Å². The van der Waals surface area contributed by atoms with Gasteiger partial charge in [0.05, 0.1) is 19.8 Å². The van der Waals surface area contributed by atoms with E-state index in [1.54, 1.807) is 19.1 Å². The summed E-state index contributed by atoms with van der Waals surface area (Å²) < 4.78 is 65.8. The summed E-state index contributed by atoms with van der Waals surface area (Å²) in [5.74, 6) is -1.75. The Balaban J connectivity index is 1.68. The van der Waals surface area contributed by atoms with Crippen molar-refractivity contribution in [2.24, 2.45) is 0 Å². The largest absolute Gasteiger partial charge is 0.494 e. The molecule has 3 rings (SSSR count). The van der Waals surface area contributed by atoms with Crippen molar-refractivity contribution in [2.45, 2.75) is 32.0 Å². The number of ether oxygens (including phenoxy) is 2. The van der Waals surface area contributed by atoms with Crippen LogP contribution in [0.1, 0.15) is 35.1 Å². The van der Waals surface area contributed by atoms with Crippen LogP contribution in [0, 0.1) is 5.82 Å². The lowest BCUT2D eigenvalue weighted by Crippen LogP contribution is -2.25. The van der Waals surface area contributed by atoms with E-state index in [9.17, 15) is 17.6 Å². The summed E-state index contributed by atoms with van der Waals surface area (Å²) in [6, 6.07) is 19.9. The van der Waals surface area contributed by atoms with E-state index in [1.165, 1.54) is 30.3 Å². The maximum atomic E-state index is 14.2. The van der Waals surface area contributed by atoms with Gasteiger partial charge in [-0.3, -0.25) is 0 Å². The predicted octanol–water partition coefficient (Wildman–Crippen LogP) is 6.68. The summed E-state index contributed by atoms with van der Waals surface area (Å²) in [4.78, 5) is 0.